The Morgan fingerprint density at radius 2 is 2.05 bits per heavy atom. The fraction of sp³-hybridized carbons (Fsp3) is 0.867. The molecule has 2 aliphatic heterocycles. The molecule has 0 radical (unpaired) electrons. The Bertz CT molecular complexity index is 402. The summed E-state index contributed by atoms with van der Waals surface area (Å²) in [5.41, 5.74) is -0.244. The highest BCUT2D eigenvalue weighted by molar-refractivity contribution is 5.79. The summed E-state index contributed by atoms with van der Waals surface area (Å²) in [4.78, 5) is 26.8. The van der Waals surface area contributed by atoms with E-state index in [2.05, 4.69) is 0 Å². The zero-order valence-corrected chi connectivity index (χ0v) is 13.4. The molecule has 2 heterocycles. The van der Waals surface area contributed by atoms with Gasteiger partial charge in [-0.2, -0.15) is 0 Å². The molecule has 0 bridgehead atoms. The molecular formula is C15H26N2O4. The molecule has 2 fully saturated rings. The third kappa shape index (κ3) is 3.37. The first kappa shape index (κ1) is 16.2. The highest BCUT2D eigenvalue weighted by Crippen LogP contribution is 2.40. The number of amides is 2. The number of hydrogen-bond acceptors (Lipinski definition) is 4. The summed E-state index contributed by atoms with van der Waals surface area (Å²) >= 11 is 0. The van der Waals surface area contributed by atoms with Gasteiger partial charge in [0.25, 0.3) is 0 Å². The number of likely N-dealkylation sites (tertiary alicyclic amines) is 1. The fourth-order valence-corrected chi connectivity index (χ4v) is 2.91. The van der Waals surface area contributed by atoms with Crippen molar-refractivity contribution in [2.24, 2.45) is 11.8 Å². The van der Waals surface area contributed by atoms with Crippen LogP contribution in [0.4, 0.5) is 0 Å². The molecule has 0 aromatic heterocycles. The maximum absolute atomic E-state index is 11.9. The standard InChI is InChI=1S/C15H26N2O4/c1-11(2)14(19)17-9-15(10-17)12(5-6-21-15)7-20-8-13(18)16(3)4/h11-12H,5-10H2,1-4H3. The average Bonchev–Trinajstić information content (AvgIpc) is 2.79. The molecule has 6 heteroatoms. The molecule has 0 aromatic rings. The Morgan fingerprint density at radius 3 is 2.62 bits per heavy atom. The third-order valence-electron chi connectivity index (χ3n) is 4.37. The Hall–Kier alpha value is -1.14. The molecule has 0 aromatic carbocycles. The van der Waals surface area contributed by atoms with Crippen molar-refractivity contribution in [3.05, 3.63) is 0 Å². The van der Waals surface area contributed by atoms with Gasteiger partial charge in [0.2, 0.25) is 11.8 Å². The molecule has 6 nitrogen and oxygen atoms in total. The lowest BCUT2D eigenvalue weighted by molar-refractivity contribution is -0.171. The van der Waals surface area contributed by atoms with E-state index in [-0.39, 0.29) is 35.9 Å². The van der Waals surface area contributed by atoms with Crippen molar-refractivity contribution in [3.63, 3.8) is 0 Å². The van der Waals surface area contributed by atoms with E-state index in [4.69, 9.17) is 9.47 Å². The molecule has 21 heavy (non-hydrogen) atoms. The van der Waals surface area contributed by atoms with E-state index in [1.54, 1.807) is 14.1 Å². The first-order valence-corrected chi connectivity index (χ1v) is 7.56. The molecule has 0 N–H and O–H groups in total. The molecule has 0 aliphatic carbocycles. The van der Waals surface area contributed by atoms with Crippen molar-refractivity contribution in [2.45, 2.75) is 25.9 Å². The maximum atomic E-state index is 11.9. The summed E-state index contributed by atoms with van der Waals surface area (Å²) in [7, 11) is 3.43. The monoisotopic (exact) mass is 298 g/mol. The van der Waals surface area contributed by atoms with Crippen molar-refractivity contribution in [3.8, 4) is 0 Å². The van der Waals surface area contributed by atoms with E-state index in [9.17, 15) is 9.59 Å². The summed E-state index contributed by atoms with van der Waals surface area (Å²) in [6, 6.07) is 0. The average molecular weight is 298 g/mol. The minimum Gasteiger partial charge on any atom is -0.371 e. The lowest BCUT2D eigenvalue weighted by Gasteiger charge is -2.50. The zero-order chi connectivity index (χ0) is 15.6. The van der Waals surface area contributed by atoms with Crippen LogP contribution in [0.3, 0.4) is 0 Å². The highest BCUT2D eigenvalue weighted by Gasteiger charge is 2.54. The van der Waals surface area contributed by atoms with Crippen LogP contribution in [-0.2, 0) is 19.1 Å². The predicted molar refractivity (Wildman–Crippen MR) is 77.7 cm³/mol. The fourth-order valence-electron chi connectivity index (χ4n) is 2.91. The van der Waals surface area contributed by atoms with Crippen molar-refractivity contribution in [1.29, 1.82) is 0 Å². The summed E-state index contributed by atoms with van der Waals surface area (Å²) < 4.78 is 11.4. The van der Waals surface area contributed by atoms with Crippen LogP contribution in [0.25, 0.3) is 0 Å². The highest BCUT2D eigenvalue weighted by atomic mass is 16.5. The van der Waals surface area contributed by atoms with Gasteiger partial charge in [-0.15, -0.1) is 0 Å². The Balaban J connectivity index is 1.80. The Labute approximate surface area is 126 Å². The number of ether oxygens (including phenoxy) is 2. The largest absolute Gasteiger partial charge is 0.371 e. The van der Waals surface area contributed by atoms with E-state index < -0.39 is 0 Å². The smallest absolute Gasteiger partial charge is 0.248 e. The molecule has 120 valence electrons. The van der Waals surface area contributed by atoms with Gasteiger partial charge in [-0.1, -0.05) is 13.8 Å². The summed E-state index contributed by atoms with van der Waals surface area (Å²) in [6.07, 6.45) is 0.930. The van der Waals surface area contributed by atoms with Gasteiger partial charge in [0.1, 0.15) is 12.2 Å². The van der Waals surface area contributed by atoms with Gasteiger partial charge in [0, 0.05) is 32.5 Å². The number of hydrogen-bond donors (Lipinski definition) is 0. The molecule has 2 rings (SSSR count). The SMILES string of the molecule is CC(C)C(=O)N1CC2(C1)OCCC2COCC(=O)N(C)C. The topological polar surface area (TPSA) is 59.1 Å². The molecule has 1 atom stereocenters. The number of likely N-dealkylation sites (N-methyl/N-ethyl adjacent to an activating group) is 1. The molecular weight excluding hydrogens is 272 g/mol. The second kappa shape index (κ2) is 6.32. The van der Waals surface area contributed by atoms with Crippen molar-refractivity contribution in [2.75, 3.05) is 47.0 Å². The van der Waals surface area contributed by atoms with E-state index in [1.165, 1.54) is 4.90 Å². The van der Waals surface area contributed by atoms with Crippen LogP contribution in [0.2, 0.25) is 0 Å². The minimum absolute atomic E-state index is 0.0242. The van der Waals surface area contributed by atoms with Gasteiger partial charge in [-0.3, -0.25) is 9.59 Å². The summed E-state index contributed by atoms with van der Waals surface area (Å²) in [6.45, 7) is 6.46. The third-order valence-corrected chi connectivity index (χ3v) is 4.37. The van der Waals surface area contributed by atoms with Gasteiger partial charge >= 0.3 is 0 Å². The molecule has 2 saturated heterocycles. The van der Waals surface area contributed by atoms with E-state index >= 15 is 0 Å². The Kier molecular flexibility index (Phi) is 4.88. The first-order chi connectivity index (χ1) is 9.85. The number of nitrogens with zero attached hydrogens (tertiary/aromatic N) is 2. The zero-order valence-electron chi connectivity index (χ0n) is 13.4. The number of carbonyl (C=O) groups is 2. The lowest BCUT2D eigenvalue weighted by Crippen LogP contribution is -2.67. The maximum Gasteiger partial charge on any atom is 0.248 e. The van der Waals surface area contributed by atoms with Crippen LogP contribution in [0.1, 0.15) is 20.3 Å². The first-order valence-electron chi connectivity index (χ1n) is 7.56. The second-order valence-electron chi connectivity index (χ2n) is 6.55. The van der Waals surface area contributed by atoms with Crippen LogP contribution < -0.4 is 0 Å². The predicted octanol–water partition coefficient (Wildman–Crippen LogP) is 0.365. The van der Waals surface area contributed by atoms with Crippen molar-refractivity contribution >= 4 is 11.8 Å². The van der Waals surface area contributed by atoms with Gasteiger partial charge < -0.3 is 19.3 Å². The van der Waals surface area contributed by atoms with Crippen LogP contribution in [-0.4, -0.2) is 74.2 Å². The van der Waals surface area contributed by atoms with E-state index in [0.29, 0.717) is 26.3 Å². The van der Waals surface area contributed by atoms with Gasteiger partial charge in [0.15, 0.2) is 0 Å². The molecule has 0 saturated carbocycles. The van der Waals surface area contributed by atoms with Crippen LogP contribution in [0.15, 0.2) is 0 Å². The Morgan fingerprint density at radius 1 is 1.38 bits per heavy atom. The molecule has 1 unspecified atom stereocenters. The molecule has 2 amide bonds. The minimum atomic E-state index is -0.244. The van der Waals surface area contributed by atoms with Crippen LogP contribution >= 0.6 is 0 Å². The van der Waals surface area contributed by atoms with Crippen LogP contribution in [0, 0.1) is 11.8 Å². The number of carbonyl (C=O) groups excluding carboxylic acids is 2. The molecule has 1 spiro atoms. The second-order valence-corrected chi connectivity index (χ2v) is 6.55. The van der Waals surface area contributed by atoms with Crippen molar-refractivity contribution < 1.29 is 19.1 Å². The summed E-state index contributed by atoms with van der Waals surface area (Å²) in [5, 5.41) is 0. The summed E-state index contributed by atoms with van der Waals surface area (Å²) in [5.74, 6) is 0.437. The molecule has 2 aliphatic rings. The lowest BCUT2D eigenvalue weighted by atomic mass is 9.80. The van der Waals surface area contributed by atoms with Gasteiger partial charge in [-0.05, 0) is 6.42 Å². The quantitative estimate of drug-likeness (QED) is 0.735. The normalized spacial score (nSPS) is 23.5. The van der Waals surface area contributed by atoms with E-state index in [1.807, 2.05) is 18.7 Å². The number of rotatable bonds is 5. The van der Waals surface area contributed by atoms with Crippen molar-refractivity contribution in [1.82, 2.24) is 9.80 Å². The van der Waals surface area contributed by atoms with Gasteiger partial charge in [-0.25, -0.2) is 0 Å². The van der Waals surface area contributed by atoms with E-state index in [0.717, 1.165) is 6.42 Å². The van der Waals surface area contributed by atoms with Crippen LogP contribution in [0.5, 0.6) is 0 Å². The van der Waals surface area contributed by atoms with Gasteiger partial charge in [0.05, 0.1) is 19.7 Å².